The third kappa shape index (κ3) is 3.82. The highest BCUT2D eigenvalue weighted by Crippen LogP contribution is 2.25. The van der Waals surface area contributed by atoms with E-state index in [4.69, 9.17) is 0 Å². The maximum atomic E-state index is 4.66. The van der Waals surface area contributed by atoms with Crippen LogP contribution in [0.25, 0.3) is 17.1 Å². The van der Waals surface area contributed by atoms with Crippen molar-refractivity contribution in [2.24, 2.45) is 0 Å². The monoisotopic (exact) mass is 364 g/mol. The van der Waals surface area contributed by atoms with Crippen molar-refractivity contribution in [3.05, 3.63) is 54.6 Å². The van der Waals surface area contributed by atoms with Gasteiger partial charge in [-0.15, -0.1) is 0 Å². The average molecular weight is 364 g/mol. The lowest BCUT2D eigenvalue weighted by Gasteiger charge is -2.36. The summed E-state index contributed by atoms with van der Waals surface area (Å²) in [6.07, 6.45) is 7.78. The third-order valence-corrected chi connectivity index (χ3v) is 5.56. The van der Waals surface area contributed by atoms with Crippen LogP contribution in [-0.2, 0) is 6.54 Å². The summed E-state index contributed by atoms with van der Waals surface area (Å²) in [6, 6.07) is 8.88. The summed E-state index contributed by atoms with van der Waals surface area (Å²) >= 11 is 0. The molecule has 4 rings (SSSR count). The van der Waals surface area contributed by atoms with Crippen LogP contribution in [-0.4, -0.2) is 68.4 Å². The molecule has 1 atom stereocenters. The smallest absolute Gasteiger partial charge is 0.140 e. The SMILES string of the molecule is Cc1cc(-n2cccn2)ccc1-c1nccn1CC(C)N1CCN(C)CC1. The number of hydrogen-bond donors (Lipinski definition) is 0. The van der Waals surface area contributed by atoms with E-state index in [0.29, 0.717) is 6.04 Å². The van der Waals surface area contributed by atoms with Crippen molar-refractivity contribution < 1.29 is 0 Å². The lowest BCUT2D eigenvalue weighted by Crippen LogP contribution is -2.49. The molecule has 0 N–H and O–H groups in total. The number of rotatable bonds is 5. The van der Waals surface area contributed by atoms with Gasteiger partial charge in [-0.3, -0.25) is 4.90 Å². The summed E-state index contributed by atoms with van der Waals surface area (Å²) in [5, 5.41) is 4.32. The first-order valence-corrected chi connectivity index (χ1v) is 9.66. The number of benzene rings is 1. The highest BCUT2D eigenvalue weighted by Gasteiger charge is 2.20. The Morgan fingerprint density at radius 2 is 1.89 bits per heavy atom. The number of hydrogen-bond acceptors (Lipinski definition) is 4. The van der Waals surface area contributed by atoms with E-state index in [1.165, 1.54) is 11.1 Å². The van der Waals surface area contributed by atoms with Gasteiger partial charge in [0.05, 0.1) is 5.69 Å². The molecule has 0 radical (unpaired) electrons. The fourth-order valence-electron chi connectivity index (χ4n) is 3.83. The van der Waals surface area contributed by atoms with Crippen LogP contribution in [0.3, 0.4) is 0 Å². The standard InChI is InChI=1S/C21H28N6/c1-17-15-19(27-9-4-7-23-27)5-6-20(17)21-22-8-10-26(21)16-18(2)25-13-11-24(3)12-14-25/h4-10,15,18H,11-14,16H2,1-3H3. The van der Waals surface area contributed by atoms with Gasteiger partial charge in [-0.1, -0.05) is 0 Å². The minimum Gasteiger partial charge on any atom is -0.329 e. The molecule has 27 heavy (non-hydrogen) atoms. The second kappa shape index (κ2) is 7.66. The zero-order valence-electron chi connectivity index (χ0n) is 16.4. The van der Waals surface area contributed by atoms with Crippen LogP contribution in [0.15, 0.2) is 49.1 Å². The molecule has 0 bridgehead atoms. The fraction of sp³-hybridized carbons (Fsp3) is 0.429. The van der Waals surface area contributed by atoms with E-state index >= 15 is 0 Å². The number of nitrogens with zero attached hydrogens (tertiary/aromatic N) is 6. The molecule has 1 fully saturated rings. The molecule has 6 heteroatoms. The molecule has 142 valence electrons. The van der Waals surface area contributed by atoms with E-state index in [-0.39, 0.29) is 0 Å². The van der Waals surface area contributed by atoms with E-state index in [9.17, 15) is 0 Å². The lowest BCUT2D eigenvalue weighted by molar-refractivity contribution is 0.111. The van der Waals surface area contributed by atoms with Crippen molar-refractivity contribution in [1.29, 1.82) is 0 Å². The molecule has 1 aliphatic heterocycles. The fourth-order valence-corrected chi connectivity index (χ4v) is 3.83. The Balaban J connectivity index is 1.53. The Hall–Kier alpha value is -2.44. The molecule has 1 aliphatic rings. The second-order valence-corrected chi connectivity index (χ2v) is 7.54. The first kappa shape index (κ1) is 17.9. The Morgan fingerprint density at radius 1 is 1.07 bits per heavy atom. The van der Waals surface area contributed by atoms with Crippen molar-refractivity contribution in [3.63, 3.8) is 0 Å². The zero-order chi connectivity index (χ0) is 18.8. The molecule has 0 spiro atoms. The van der Waals surface area contributed by atoms with Crippen molar-refractivity contribution >= 4 is 0 Å². The highest BCUT2D eigenvalue weighted by molar-refractivity contribution is 5.63. The first-order valence-electron chi connectivity index (χ1n) is 9.66. The second-order valence-electron chi connectivity index (χ2n) is 7.54. The molecule has 2 aromatic heterocycles. The van der Waals surface area contributed by atoms with E-state index in [0.717, 1.165) is 44.2 Å². The van der Waals surface area contributed by atoms with Crippen LogP contribution in [0.1, 0.15) is 12.5 Å². The van der Waals surface area contributed by atoms with Crippen LogP contribution in [0.4, 0.5) is 0 Å². The molecule has 3 heterocycles. The average Bonchev–Trinajstić information content (AvgIpc) is 3.34. The number of imidazole rings is 1. The molecule has 1 unspecified atom stereocenters. The number of aromatic nitrogens is 4. The van der Waals surface area contributed by atoms with Gasteiger partial charge < -0.3 is 9.47 Å². The lowest BCUT2D eigenvalue weighted by atomic mass is 10.1. The van der Waals surface area contributed by atoms with Gasteiger partial charge in [-0.2, -0.15) is 5.10 Å². The number of likely N-dealkylation sites (N-methyl/N-ethyl adjacent to an activating group) is 1. The van der Waals surface area contributed by atoms with Crippen LogP contribution < -0.4 is 0 Å². The summed E-state index contributed by atoms with van der Waals surface area (Å²) < 4.78 is 4.18. The Kier molecular flexibility index (Phi) is 5.09. The van der Waals surface area contributed by atoms with Gasteiger partial charge in [0.25, 0.3) is 0 Å². The van der Waals surface area contributed by atoms with Crippen molar-refractivity contribution in [2.75, 3.05) is 33.2 Å². The van der Waals surface area contributed by atoms with Crippen LogP contribution in [0, 0.1) is 6.92 Å². The molecule has 0 amide bonds. The van der Waals surface area contributed by atoms with Gasteiger partial charge in [0.2, 0.25) is 0 Å². The van der Waals surface area contributed by atoms with Gasteiger partial charge in [0, 0.05) is 69.1 Å². The topological polar surface area (TPSA) is 42.1 Å². The molecule has 0 saturated carbocycles. The van der Waals surface area contributed by atoms with Crippen LogP contribution in [0.2, 0.25) is 0 Å². The molecule has 6 nitrogen and oxygen atoms in total. The van der Waals surface area contributed by atoms with E-state index in [1.807, 2.05) is 23.1 Å². The van der Waals surface area contributed by atoms with E-state index in [1.54, 1.807) is 6.20 Å². The summed E-state index contributed by atoms with van der Waals surface area (Å²) in [5.41, 5.74) is 3.47. The molecule has 3 aromatic rings. The predicted octanol–water partition coefficient (Wildman–Crippen LogP) is 2.68. The Labute approximate surface area is 161 Å². The Bertz CT molecular complexity index is 874. The molecule has 0 aliphatic carbocycles. The van der Waals surface area contributed by atoms with Gasteiger partial charge >= 0.3 is 0 Å². The normalized spacial score (nSPS) is 17.3. The van der Waals surface area contributed by atoms with Crippen LogP contribution >= 0.6 is 0 Å². The zero-order valence-corrected chi connectivity index (χ0v) is 16.4. The predicted molar refractivity (Wildman–Crippen MR) is 108 cm³/mol. The molecule has 1 aromatic carbocycles. The summed E-state index contributed by atoms with van der Waals surface area (Å²) in [7, 11) is 2.20. The summed E-state index contributed by atoms with van der Waals surface area (Å²) in [4.78, 5) is 9.64. The first-order chi connectivity index (χ1) is 13.1. The van der Waals surface area contributed by atoms with Crippen molar-refractivity contribution in [1.82, 2.24) is 29.1 Å². The van der Waals surface area contributed by atoms with Crippen molar-refractivity contribution in [3.8, 4) is 17.1 Å². The number of aryl methyl sites for hydroxylation is 1. The van der Waals surface area contributed by atoms with Crippen LogP contribution in [0.5, 0.6) is 0 Å². The van der Waals surface area contributed by atoms with Gasteiger partial charge in [-0.25, -0.2) is 9.67 Å². The quantitative estimate of drug-likeness (QED) is 0.698. The van der Waals surface area contributed by atoms with Gasteiger partial charge in [0.15, 0.2) is 0 Å². The highest BCUT2D eigenvalue weighted by atomic mass is 15.3. The van der Waals surface area contributed by atoms with E-state index < -0.39 is 0 Å². The molecular weight excluding hydrogens is 336 g/mol. The number of piperazine rings is 1. The summed E-state index contributed by atoms with van der Waals surface area (Å²) in [6.45, 7) is 10.00. The maximum absolute atomic E-state index is 4.66. The largest absolute Gasteiger partial charge is 0.329 e. The Morgan fingerprint density at radius 3 is 2.59 bits per heavy atom. The van der Waals surface area contributed by atoms with Gasteiger partial charge in [0.1, 0.15) is 5.82 Å². The van der Waals surface area contributed by atoms with Gasteiger partial charge in [-0.05, 0) is 50.7 Å². The van der Waals surface area contributed by atoms with E-state index in [2.05, 4.69) is 69.7 Å². The minimum atomic E-state index is 0.496. The molecular formula is C21H28N6. The summed E-state index contributed by atoms with van der Waals surface area (Å²) in [5.74, 6) is 1.04. The minimum absolute atomic E-state index is 0.496. The van der Waals surface area contributed by atoms with Crippen molar-refractivity contribution in [2.45, 2.75) is 26.4 Å². The maximum Gasteiger partial charge on any atom is 0.140 e. The third-order valence-electron chi connectivity index (χ3n) is 5.56. The molecule has 1 saturated heterocycles.